The highest BCUT2D eigenvalue weighted by Gasteiger charge is 1.96. The van der Waals surface area contributed by atoms with E-state index in [-0.39, 0.29) is 0 Å². The van der Waals surface area contributed by atoms with Crippen molar-refractivity contribution in [2.45, 2.75) is 167 Å². The van der Waals surface area contributed by atoms with Gasteiger partial charge >= 0.3 is 0 Å². The van der Waals surface area contributed by atoms with E-state index in [1.54, 1.807) is 0 Å². The molecule has 0 amide bonds. The largest absolute Gasteiger partial charge is 0.396 e. The van der Waals surface area contributed by atoms with Gasteiger partial charge in [-0.3, -0.25) is 0 Å². The lowest BCUT2D eigenvalue weighted by molar-refractivity contribution is 0.282. The lowest BCUT2D eigenvalue weighted by atomic mass is 10.0. The van der Waals surface area contributed by atoms with Gasteiger partial charge in [-0.25, -0.2) is 0 Å². The van der Waals surface area contributed by atoms with Gasteiger partial charge in [0, 0.05) is 13.2 Å². The minimum atomic E-state index is 0.362. The van der Waals surface area contributed by atoms with Gasteiger partial charge in [0.1, 0.15) is 0 Å². The fourth-order valence-electron chi connectivity index (χ4n) is 4.74. The number of hydrogen-bond acceptors (Lipinski definition) is 3. The summed E-state index contributed by atoms with van der Waals surface area (Å²) in [6, 6.07) is 0. The Kier molecular flexibility index (Phi) is 31.8. The summed E-state index contributed by atoms with van der Waals surface area (Å²) in [5.74, 6) is 0. The van der Waals surface area contributed by atoms with Crippen LogP contribution in [0.25, 0.3) is 0 Å². The molecule has 0 saturated carbocycles. The first-order valence-electron chi connectivity index (χ1n) is 15.3. The predicted molar refractivity (Wildman–Crippen MR) is 147 cm³/mol. The molecule has 3 nitrogen and oxygen atoms in total. The first-order chi connectivity index (χ1) is 16.4. The average molecular weight is 470 g/mol. The molecule has 0 fully saturated rings. The number of aliphatic hydroxyl groups is 2. The molecule has 0 radical (unpaired) electrons. The Hall–Kier alpha value is -0.120. The Balaban J connectivity index is 2.99. The zero-order chi connectivity index (χ0) is 23.9. The highest BCUT2D eigenvalue weighted by Crippen LogP contribution is 2.14. The van der Waals surface area contributed by atoms with Crippen LogP contribution in [0.5, 0.6) is 0 Å². The number of rotatable bonds is 30. The Morgan fingerprint density at radius 3 is 0.636 bits per heavy atom. The van der Waals surface area contributed by atoms with E-state index >= 15 is 0 Å². The smallest absolute Gasteiger partial charge is 0.0431 e. The third kappa shape index (κ3) is 31.9. The molecule has 3 N–H and O–H groups in total. The first-order valence-corrected chi connectivity index (χ1v) is 15.3. The van der Waals surface area contributed by atoms with E-state index in [1.165, 1.54) is 167 Å². The maximum atomic E-state index is 8.76. The summed E-state index contributed by atoms with van der Waals surface area (Å²) in [5, 5.41) is 21.1. The molecule has 0 unspecified atom stereocenters. The van der Waals surface area contributed by atoms with Crippen LogP contribution in [0.1, 0.15) is 167 Å². The van der Waals surface area contributed by atoms with Gasteiger partial charge in [0.2, 0.25) is 0 Å². The lowest BCUT2D eigenvalue weighted by Gasteiger charge is -2.06. The molecule has 0 aromatic heterocycles. The van der Waals surface area contributed by atoms with Gasteiger partial charge < -0.3 is 15.5 Å². The molecule has 0 spiro atoms. The van der Waals surface area contributed by atoms with Crippen molar-refractivity contribution in [3.8, 4) is 0 Å². The second kappa shape index (κ2) is 31.9. The Labute approximate surface area is 208 Å². The summed E-state index contributed by atoms with van der Waals surface area (Å²) < 4.78 is 0. The molecule has 0 bridgehead atoms. The molecule has 0 rings (SSSR count). The van der Waals surface area contributed by atoms with E-state index in [4.69, 9.17) is 10.2 Å². The zero-order valence-corrected chi connectivity index (χ0v) is 22.6. The summed E-state index contributed by atoms with van der Waals surface area (Å²) in [6.45, 7) is 3.15. The van der Waals surface area contributed by atoms with Gasteiger partial charge in [0.15, 0.2) is 0 Å². The minimum absolute atomic E-state index is 0.362. The van der Waals surface area contributed by atoms with Crippen molar-refractivity contribution in [2.75, 3.05) is 26.3 Å². The summed E-state index contributed by atoms with van der Waals surface area (Å²) in [5.41, 5.74) is 0. The van der Waals surface area contributed by atoms with Crippen molar-refractivity contribution in [3.05, 3.63) is 0 Å². The Morgan fingerprint density at radius 2 is 0.424 bits per heavy atom. The second-order valence-corrected chi connectivity index (χ2v) is 10.4. The number of unbranched alkanes of at least 4 members (excludes halogenated alkanes) is 24. The van der Waals surface area contributed by atoms with Crippen LogP contribution in [-0.4, -0.2) is 36.5 Å². The standard InChI is InChI=1S/C30H63NO2/c32-29-25-21-17-13-10-8-6-4-2-1-3-5-7-9-11-15-19-23-27-31-28-24-20-16-12-14-18-22-26-30-33/h31-33H,1-30H2. The van der Waals surface area contributed by atoms with Gasteiger partial charge in [-0.2, -0.15) is 0 Å². The monoisotopic (exact) mass is 469 g/mol. The van der Waals surface area contributed by atoms with Crippen LogP contribution in [0.4, 0.5) is 0 Å². The van der Waals surface area contributed by atoms with E-state index < -0.39 is 0 Å². The number of hydrogen-bond donors (Lipinski definition) is 3. The summed E-state index contributed by atoms with van der Waals surface area (Å²) >= 11 is 0. The first kappa shape index (κ1) is 32.9. The fourth-order valence-corrected chi connectivity index (χ4v) is 4.74. The van der Waals surface area contributed by atoms with Crippen molar-refractivity contribution < 1.29 is 10.2 Å². The molecule has 0 saturated heterocycles. The molecule has 0 aliphatic heterocycles. The Morgan fingerprint density at radius 1 is 0.242 bits per heavy atom. The van der Waals surface area contributed by atoms with Gasteiger partial charge in [0.25, 0.3) is 0 Å². The molecule has 33 heavy (non-hydrogen) atoms. The third-order valence-electron chi connectivity index (χ3n) is 7.02. The quantitative estimate of drug-likeness (QED) is 0.0922. The predicted octanol–water partition coefficient (Wildman–Crippen LogP) is 8.70. The minimum Gasteiger partial charge on any atom is -0.396 e. The average Bonchev–Trinajstić information content (AvgIpc) is 2.83. The van der Waals surface area contributed by atoms with Crippen LogP contribution in [0, 0.1) is 0 Å². The summed E-state index contributed by atoms with van der Waals surface area (Å²) in [7, 11) is 0. The van der Waals surface area contributed by atoms with E-state index in [1.807, 2.05) is 0 Å². The molecular formula is C30H63NO2. The topological polar surface area (TPSA) is 52.5 Å². The molecule has 0 atom stereocenters. The lowest BCUT2D eigenvalue weighted by Crippen LogP contribution is -2.16. The molecule has 200 valence electrons. The molecule has 0 heterocycles. The fraction of sp³-hybridized carbons (Fsp3) is 1.00. The SMILES string of the molecule is OCCCCCCCCCCCCCCCCCCCCNCCCCCCCCCCO. The van der Waals surface area contributed by atoms with E-state index in [2.05, 4.69) is 5.32 Å². The van der Waals surface area contributed by atoms with E-state index in [0.29, 0.717) is 13.2 Å². The van der Waals surface area contributed by atoms with Gasteiger partial charge in [0.05, 0.1) is 0 Å². The molecule has 0 aliphatic rings. The van der Waals surface area contributed by atoms with Gasteiger partial charge in [-0.15, -0.1) is 0 Å². The molecule has 3 heteroatoms. The molecular weight excluding hydrogens is 406 g/mol. The summed E-state index contributed by atoms with van der Waals surface area (Å²) in [6.07, 6.45) is 35.2. The highest BCUT2D eigenvalue weighted by molar-refractivity contribution is 4.53. The van der Waals surface area contributed by atoms with Crippen molar-refractivity contribution in [2.24, 2.45) is 0 Å². The molecule has 0 aromatic rings. The van der Waals surface area contributed by atoms with Crippen LogP contribution in [0.15, 0.2) is 0 Å². The van der Waals surface area contributed by atoms with Crippen molar-refractivity contribution >= 4 is 0 Å². The number of nitrogens with one attached hydrogen (secondary N) is 1. The van der Waals surface area contributed by atoms with Gasteiger partial charge in [-0.05, 0) is 38.8 Å². The van der Waals surface area contributed by atoms with Crippen LogP contribution < -0.4 is 5.32 Å². The maximum Gasteiger partial charge on any atom is 0.0431 e. The second-order valence-electron chi connectivity index (χ2n) is 10.4. The van der Waals surface area contributed by atoms with Crippen LogP contribution in [0.3, 0.4) is 0 Å². The maximum absolute atomic E-state index is 8.76. The van der Waals surface area contributed by atoms with Crippen LogP contribution >= 0.6 is 0 Å². The van der Waals surface area contributed by atoms with Crippen LogP contribution in [-0.2, 0) is 0 Å². The van der Waals surface area contributed by atoms with E-state index in [9.17, 15) is 0 Å². The van der Waals surface area contributed by atoms with Crippen molar-refractivity contribution in [3.63, 3.8) is 0 Å². The number of aliphatic hydroxyl groups excluding tert-OH is 2. The third-order valence-corrected chi connectivity index (χ3v) is 7.02. The van der Waals surface area contributed by atoms with Crippen molar-refractivity contribution in [1.82, 2.24) is 5.32 Å². The summed E-state index contributed by atoms with van der Waals surface area (Å²) in [4.78, 5) is 0. The molecule has 0 aromatic carbocycles. The molecule has 0 aliphatic carbocycles. The zero-order valence-electron chi connectivity index (χ0n) is 22.6. The van der Waals surface area contributed by atoms with Crippen molar-refractivity contribution in [1.29, 1.82) is 0 Å². The van der Waals surface area contributed by atoms with E-state index in [0.717, 1.165) is 12.8 Å². The van der Waals surface area contributed by atoms with Crippen LogP contribution in [0.2, 0.25) is 0 Å². The highest BCUT2D eigenvalue weighted by atomic mass is 16.3. The Bertz CT molecular complexity index is 294. The van der Waals surface area contributed by atoms with Gasteiger partial charge in [-0.1, -0.05) is 141 Å². The normalized spacial score (nSPS) is 11.5.